The number of anilines is 1. The van der Waals surface area contributed by atoms with Gasteiger partial charge in [-0.3, -0.25) is 4.79 Å². The largest absolute Gasteiger partial charge is 0.354 e. The van der Waals surface area contributed by atoms with Crippen molar-refractivity contribution in [3.63, 3.8) is 0 Å². The highest BCUT2D eigenvalue weighted by molar-refractivity contribution is 7.98. The zero-order chi connectivity index (χ0) is 20.2. The third kappa shape index (κ3) is 5.30. The van der Waals surface area contributed by atoms with Crippen LogP contribution in [-0.2, 0) is 12.2 Å². The molecule has 6 heteroatoms. The molecule has 0 radical (unpaired) electrons. The van der Waals surface area contributed by atoms with Crippen molar-refractivity contribution in [2.75, 3.05) is 11.4 Å². The molecule has 2 fully saturated rings. The number of rotatable bonds is 7. The van der Waals surface area contributed by atoms with E-state index in [0.717, 1.165) is 53.8 Å². The summed E-state index contributed by atoms with van der Waals surface area (Å²) in [6.07, 6.45) is 6.90. The lowest BCUT2D eigenvalue weighted by atomic mass is 10.0. The molecule has 0 unspecified atom stereocenters. The van der Waals surface area contributed by atoms with E-state index < -0.39 is 0 Å². The van der Waals surface area contributed by atoms with E-state index in [2.05, 4.69) is 30.1 Å². The summed E-state index contributed by atoms with van der Waals surface area (Å²) in [5.41, 5.74) is 3.01. The van der Waals surface area contributed by atoms with E-state index in [-0.39, 0.29) is 5.91 Å². The number of nitrogens with zero attached hydrogens (tertiary/aromatic N) is 3. The Kier molecular flexibility index (Phi) is 6.38. The smallest absolute Gasteiger partial charge is 0.251 e. The monoisotopic (exact) mass is 410 g/mol. The molecule has 1 N–H and O–H groups in total. The molecule has 1 aromatic carbocycles. The minimum absolute atomic E-state index is 0.0333. The molecule has 29 heavy (non-hydrogen) atoms. The number of carbonyl (C=O) groups excluding carboxylic acids is 1. The van der Waals surface area contributed by atoms with Crippen LogP contribution in [0.3, 0.4) is 0 Å². The third-order valence-corrected chi connectivity index (χ3v) is 6.62. The summed E-state index contributed by atoms with van der Waals surface area (Å²) >= 11 is 1.67. The van der Waals surface area contributed by atoms with Gasteiger partial charge in [-0.05, 0) is 63.1 Å². The molecule has 5 nitrogen and oxygen atoms in total. The van der Waals surface area contributed by atoms with Crippen LogP contribution in [0.4, 0.5) is 5.82 Å². The number of amides is 1. The van der Waals surface area contributed by atoms with Gasteiger partial charge in [0.15, 0.2) is 5.16 Å². The maximum absolute atomic E-state index is 12.1. The number of hydrogen-bond acceptors (Lipinski definition) is 5. The Morgan fingerprint density at radius 1 is 1.17 bits per heavy atom. The van der Waals surface area contributed by atoms with Gasteiger partial charge >= 0.3 is 0 Å². The minimum Gasteiger partial charge on any atom is -0.354 e. The number of aryl methyl sites for hydroxylation is 1. The fraction of sp³-hybridized carbons (Fsp3) is 0.522. The van der Waals surface area contributed by atoms with Crippen LogP contribution >= 0.6 is 11.8 Å². The van der Waals surface area contributed by atoms with Gasteiger partial charge in [0.25, 0.3) is 5.91 Å². The number of hydrogen-bond donors (Lipinski definition) is 1. The second-order valence-electron chi connectivity index (χ2n) is 8.13. The number of benzene rings is 1. The lowest BCUT2D eigenvalue weighted by molar-refractivity contribution is 0.0951. The molecule has 1 aliphatic carbocycles. The van der Waals surface area contributed by atoms with Gasteiger partial charge in [0.05, 0.1) is 0 Å². The van der Waals surface area contributed by atoms with Crippen molar-refractivity contribution in [1.29, 1.82) is 0 Å². The summed E-state index contributed by atoms with van der Waals surface area (Å²) in [4.78, 5) is 24.2. The number of thioether (sulfide) groups is 1. The summed E-state index contributed by atoms with van der Waals surface area (Å²) in [5.74, 6) is 1.90. The second kappa shape index (κ2) is 9.16. The van der Waals surface area contributed by atoms with E-state index in [0.29, 0.717) is 12.1 Å². The summed E-state index contributed by atoms with van der Waals surface area (Å²) < 4.78 is 0. The molecule has 1 saturated heterocycles. The predicted octanol–water partition coefficient (Wildman–Crippen LogP) is 4.60. The Labute approximate surface area is 177 Å². The second-order valence-corrected chi connectivity index (χ2v) is 9.07. The van der Waals surface area contributed by atoms with Gasteiger partial charge in [0.2, 0.25) is 0 Å². The molecule has 0 spiro atoms. The summed E-state index contributed by atoms with van der Waals surface area (Å²) in [6.45, 7) is 5.52. The van der Waals surface area contributed by atoms with Crippen LogP contribution in [0.1, 0.15) is 67.6 Å². The van der Waals surface area contributed by atoms with E-state index in [9.17, 15) is 4.79 Å². The lowest BCUT2D eigenvalue weighted by Gasteiger charge is -2.34. The van der Waals surface area contributed by atoms with E-state index in [1.54, 1.807) is 11.8 Å². The number of aromatic nitrogens is 2. The lowest BCUT2D eigenvalue weighted by Crippen LogP contribution is -2.38. The van der Waals surface area contributed by atoms with E-state index in [1.807, 2.05) is 24.3 Å². The summed E-state index contributed by atoms with van der Waals surface area (Å²) in [6, 6.07) is 11.0. The first kappa shape index (κ1) is 20.2. The molecule has 1 aromatic heterocycles. The van der Waals surface area contributed by atoms with Crippen LogP contribution in [-0.4, -0.2) is 34.5 Å². The number of carbonyl (C=O) groups is 1. The average molecular weight is 411 g/mol. The Balaban J connectivity index is 1.42. The molecule has 1 amide bonds. The van der Waals surface area contributed by atoms with Crippen molar-refractivity contribution < 1.29 is 4.79 Å². The quantitative estimate of drug-likeness (QED) is 0.534. The maximum Gasteiger partial charge on any atom is 0.251 e. The first-order valence-electron chi connectivity index (χ1n) is 10.8. The van der Waals surface area contributed by atoms with Crippen molar-refractivity contribution in [1.82, 2.24) is 15.3 Å². The summed E-state index contributed by atoms with van der Waals surface area (Å²) in [5, 5.41) is 3.87. The molecule has 1 saturated carbocycles. The van der Waals surface area contributed by atoms with Gasteiger partial charge in [-0.25, -0.2) is 9.97 Å². The molecule has 2 aromatic rings. The molecule has 2 aliphatic rings. The zero-order valence-electron chi connectivity index (χ0n) is 17.4. The van der Waals surface area contributed by atoms with Crippen molar-refractivity contribution >= 4 is 23.5 Å². The van der Waals surface area contributed by atoms with Crippen LogP contribution in [0.5, 0.6) is 0 Å². The maximum atomic E-state index is 12.1. The van der Waals surface area contributed by atoms with Crippen LogP contribution in [0.15, 0.2) is 35.5 Å². The normalized spacial score (nSPS) is 19.2. The highest BCUT2D eigenvalue weighted by atomic mass is 32.2. The molecular weight excluding hydrogens is 380 g/mol. The molecule has 154 valence electrons. The molecule has 4 rings (SSSR count). The first-order chi connectivity index (χ1) is 14.1. The van der Waals surface area contributed by atoms with Crippen LogP contribution in [0.2, 0.25) is 0 Å². The number of piperidine rings is 1. The minimum atomic E-state index is 0.0333. The zero-order valence-corrected chi connectivity index (χ0v) is 18.2. The SMILES string of the molecule is CCc1cc(N2CCCC[C@@H]2C)nc(SCc2ccc(C(=O)NC3CC3)cc2)n1. The Bertz CT molecular complexity index is 850. The van der Waals surface area contributed by atoms with Crippen LogP contribution in [0.25, 0.3) is 0 Å². The summed E-state index contributed by atoms with van der Waals surface area (Å²) in [7, 11) is 0. The van der Waals surface area contributed by atoms with E-state index in [4.69, 9.17) is 9.97 Å². The van der Waals surface area contributed by atoms with Gasteiger partial charge in [0.1, 0.15) is 5.82 Å². The fourth-order valence-corrected chi connectivity index (χ4v) is 4.52. The standard InChI is InChI=1S/C23H30N4OS/c1-3-19-14-21(27-13-5-4-6-16(27)2)26-23(25-19)29-15-17-7-9-18(10-8-17)22(28)24-20-11-12-20/h7-10,14,16,20H,3-6,11-13,15H2,1-2H3,(H,24,28)/t16-/m0/s1. The first-order valence-corrected chi connectivity index (χ1v) is 11.8. The molecular formula is C23H30N4OS. The van der Waals surface area contributed by atoms with E-state index >= 15 is 0 Å². The van der Waals surface area contributed by atoms with E-state index in [1.165, 1.54) is 24.8 Å². The van der Waals surface area contributed by atoms with Gasteiger partial charge in [0, 0.05) is 41.7 Å². The Morgan fingerprint density at radius 2 is 1.97 bits per heavy atom. The highest BCUT2D eigenvalue weighted by Gasteiger charge is 2.24. The van der Waals surface area contributed by atoms with Gasteiger partial charge in [-0.2, -0.15) is 0 Å². The Hall–Kier alpha value is -2.08. The fourth-order valence-electron chi connectivity index (χ4n) is 3.69. The van der Waals surface area contributed by atoms with Crippen molar-refractivity contribution in [2.24, 2.45) is 0 Å². The van der Waals surface area contributed by atoms with Crippen LogP contribution in [0, 0.1) is 0 Å². The van der Waals surface area contributed by atoms with Crippen molar-refractivity contribution in [3.8, 4) is 0 Å². The molecule has 1 atom stereocenters. The van der Waals surface area contributed by atoms with Gasteiger partial charge < -0.3 is 10.2 Å². The molecule has 1 aliphatic heterocycles. The highest BCUT2D eigenvalue weighted by Crippen LogP contribution is 2.27. The van der Waals surface area contributed by atoms with Crippen molar-refractivity contribution in [3.05, 3.63) is 47.2 Å². The van der Waals surface area contributed by atoms with Gasteiger partial charge in [-0.1, -0.05) is 30.8 Å². The number of nitrogens with one attached hydrogen (secondary N) is 1. The van der Waals surface area contributed by atoms with Gasteiger partial charge in [-0.15, -0.1) is 0 Å². The molecule has 2 heterocycles. The van der Waals surface area contributed by atoms with Crippen molar-refractivity contribution in [2.45, 2.75) is 75.4 Å². The molecule has 0 bridgehead atoms. The Morgan fingerprint density at radius 3 is 2.66 bits per heavy atom. The topological polar surface area (TPSA) is 58.1 Å². The predicted molar refractivity (Wildman–Crippen MR) is 119 cm³/mol. The average Bonchev–Trinajstić information content (AvgIpc) is 3.56. The third-order valence-electron chi connectivity index (χ3n) is 5.70. The van der Waals surface area contributed by atoms with Crippen LogP contribution < -0.4 is 10.2 Å².